The summed E-state index contributed by atoms with van der Waals surface area (Å²) >= 11 is 13.6. The van der Waals surface area contributed by atoms with E-state index >= 15 is 0 Å². The monoisotopic (exact) mass is 397 g/mol. The number of benzene rings is 1. The molecule has 25 heavy (non-hydrogen) atoms. The molecule has 0 bridgehead atoms. The van der Waals surface area contributed by atoms with Crippen LogP contribution >= 0.6 is 34.5 Å². The number of halogens is 2. The van der Waals surface area contributed by atoms with Crippen LogP contribution in [0.2, 0.25) is 10.0 Å². The standard InChI is InChI=1S/C18H21Cl2N3OS/c1-11-4-3-5-12(2)23(11)9-17(24)22-18-21-16(10-25-18)14-7-6-13(19)8-15(14)20/h6-8,10-12H,3-5,9H2,1-2H3,(H,21,22,24). The lowest BCUT2D eigenvalue weighted by Gasteiger charge is -2.38. The Hall–Kier alpha value is -1.14. The molecule has 1 amide bonds. The van der Waals surface area contributed by atoms with Crippen molar-refractivity contribution in [3.05, 3.63) is 33.6 Å². The van der Waals surface area contributed by atoms with Crippen molar-refractivity contribution in [2.24, 2.45) is 0 Å². The van der Waals surface area contributed by atoms with Gasteiger partial charge in [-0.2, -0.15) is 0 Å². The number of carbonyl (C=O) groups excluding carboxylic acids is 1. The Morgan fingerprint density at radius 1 is 1.32 bits per heavy atom. The molecular weight excluding hydrogens is 377 g/mol. The molecule has 1 aliphatic rings. The zero-order valence-corrected chi connectivity index (χ0v) is 16.6. The molecule has 2 aromatic rings. The molecule has 0 aliphatic carbocycles. The Kier molecular flexibility index (Phi) is 6.00. The highest BCUT2D eigenvalue weighted by Gasteiger charge is 2.26. The summed E-state index contributed by atoms with van der Waals surface area (Å²) in [5, 5.41) is 6.51. The third-order valence-corrected chi connectivity index (χ3v) is 5.97. The fourth-order valence-corrected chi connectivity index (χ4v) is 4.50. The number of aromatic nitrogens is 1. The fourth-order valence-electron chi connectivity index (χ4n) is 3.26. The summed E-state index contributed by atoms with van der Waals surface area (Å²) in [4.78, 5) is 19.1. The fraction of sp³-hybridized carbons (Fsp3) is 0.444. The van der Waals surface area contributed by atoms with Crippen LogP contribution < -0.4 is 5.32 Å². The van der Waals surface area contributed by atoms with Crippen LogP contribution in [0.5, 0.6) is 0 Å². The minimum Gasteiger partial charge on any atom is -0.301 e. The van der Waals surface area contributed by atoms with Crippen LogP contribution in [0.15, 0.2) is 23.6 Å². The predicted octanol–water partition coefficient (Wildman–Crippen LogP) is 5.32. The number of thiazole rings is 1. The molecular formula is C18H21Cl2N3OS. The number of amides is 1. The van der Waals surface area contributed by atoms with Crippen LogP contribution in [0.4, 0.5) is 5.13 Å². The minimum absolute atomic E-state index is 0.0243. The number of hydrogen-bond acceptors (Lipinski definition) is 4. The van der Waals surface area contributed by atoms with Gasteiger partial charge in [0.1, 0.15) is 0 Å². The number of carbonyl (C=O) groups is 1. The molecule has 0 saturated carbocycles. The van der Waals surface area contributed by atoms with Crippen molar-refractivity contribution in [3.8, 4) is 11.3 Å². The predicted molar refractivity (Wildman–Crippen MR) is 106 cm³/mol. The summed E-state index contributed by atoms with van der Waals surface area (Å²) in [6.45, 7) is 4.78. The average molecular weight is 398 g/mol. The molecule has 0 radical (unpaired) electrons. The molecule has 1 N–H and O–H groups in total. The van der Waals surface area contributed by atoms with E-state index in [4.69, 9.17) is 23.2 Å². The van der Waals surface area contributed by atoms with Gasteiger partial charge in [0, 0.05) is 28.0 Å². The molecule has 2 unspecified atom stereocenters. The van der Waals surface area contributed by atoms with Gasteiger partial charge in [0.2, 0.25) is 5.91 Å². The molecule has 2 atom stereocenters. The molecule has 134 valence electrons. The number of hydrogen-bond donors (Lipinski definition) is 1. The first-order valence-corrected chi connectivity index (χ1v) is 10.0. The van der Waals surface area contributed by atoms with E-state index < -0.39 is 0 Å². The second-order valence-corrected chi connectivity index (χ2v) is 8.21. The smallest absolute Gasteiger partial charge is 0.240 e. The lowest BCUT2D eigenvalue weighted by Crippen LogP contribution is -2.47. The van der Waals surface area contributed by atoms with Crippen molar-refractivity contribution >= 4 is 45.6 Å². The number of rotatable bonds is 4. The highest BCUT2D eigenvalue weighted by molar-refractivity contribution is 7.14. The van der Waals surface area contributed by atoms with Crippen molar-refractivity contribution in [2.75, 3.05) is 11.9 Å². The lowest BCUT2D eigenvalue weighted by molar-refractivity contribution is -0.118. The van der Waals surface area contributed by atoms with Crippen LogP contribution in [0, 0.1) is 0 Å². The van der Waals surface area contributed by atoms with Crippen molar-refractivity contribution < 1.29 is 4.79 Å². The third-order valence-electron chi connectivity index (χ3n) is 4.66. The average Bonchev–Trinajstić information content (AvgIpc) is 2.99. The number of nitrogens with zero attached hydrogens (tertiary/aromatic N) is 2. The first-order chi connectivity index (χ1) is 11.9. The maximum absolute atomic E-state index is 12.4. The van der Waals surface area contributed by atoms with E-state index in [2.05, 4.69) is 29.0 Å². The summed E-state index contributed by atoms with van der Waals surface area (Å²) in [5.74, 6) is -0.0243. The van der Waals surface area contributed by atoms with Crippen LogP contribution in [-0.2, 0) is 4.79 Å². The van der Waals surface area contributed by atoms with E-state index in [1.54, 1.807) is 12.1 Å². The van der Waals surface area contributed by atoms with Crippen molar-refractivity contribution in [1.29, 1.82) is 0 Å². The SMILES string of the molecule is CC1CCCC(C)N1CC(=O)Nc1nc(-c2ccc(Cl)cc2Cl)cs1. The number of likely N-dealkylation sites (tertiary alicyclic amines) is 1. The zero-order chi connectivity index (χ0) is 18.0. The van der Waals surface area contributed by atoms with Crippen molar-refractivity contribution in [1.82, 2.24) is 9.88 Å². The molecule has 1 saturated heterocycles. The molecule has 2 heterocycles. The molecule has 1 fully saturated rings. The van der Waals surface area contributed by atoms with Gasteiger partial charge in [-0.05, 0) is 44.9 Å². The second kappa shape index (κ2) is 8.04. The highest BCUT2D eigenvalue weighted by Crippen LogP contribution is 2.32. The Balaban J connectivity index is 1.65. The van der Waals surface area contributed by atoms with Gasteiger partial charge in [-0.25, -0.2) is 4.98 Å². The molecule has 1 aromatic carbocycles. The van der Waals surface area contributed by atoms with E-state index in [9.17, 15) is 4.79 Å². The molecule has 0 spiro atoms. The lowest BCUT2D eigenvalue weighted by atomic mass is 9.97. The van der Waals surface area contributed by atoms with Gasteiger partial charge in [-0.15, -0.1) is 11.3 Å². The first kappa shape index (κ1) is 18.6. The highest BCUT2D eigenvalue weighted by atomic mass is 35.5. The number of anilines is 1. The largest absolute Gasteiger partial charge is 0.301 e. The zero-order valence-electron chi connectivity index (χ0n) is 14.3. The second-order valence-electron chi connectivity index (χ2n) is 6.51. The molecule has 1 aliphatic heterocycles. The van der Waals surface area contributed by atoms with E-state index in [0.29, 0.717) is 33.8 Å². The van der Waals surface area contributed by atoms with Gasteiger partial charge >= 0.3 is 0 Å². The quantitative estimate of drug-likeness (QED) is 0.758. The third kappa shape index (κ3) is 4.53. The first-order valence-electron chi connectivity index (χ1n) is 8.40. The Bertz CT molecular complexity index is 755. The number of piperidine rings is 1. The molecule has 3 rings (SSSR count). The topological polar surface area (TPSA) is 45.2 Å². The Morgan fingerprint density at radius 2 is 2.04 bits per heavy atom. The summed E-state index contributed by atoms with van der Waals surface area (Å²) < 4.78 is 0. The Labute approximate surface area is 162 Å². The van der Waals surface area contributed by atoms with Gasteiger partial charge in [0.05, 0.1) is 17.3 Å². The van der Waals surface area contributed by atoms with E-state index in [-0.39, 0.29) is 5.91 Å². The number of nitrogens with one attached hydrogen (secondary N) is 1. The van der Waals surface area contributed by atoms with Gasteiger partial charge in [0.25, 0.3) is 0 Å². The van der Waals surface area contributed by atoms with Gasteiger partial charge in [-0.1, -0.05) is 29.6 Å². The van der Waals surface area contributed by atoms with Gasteiger partial charge in [0.15, 0.2) is 5.13 Å². The summed E-state index contributed by atoms with van der Waals surface area (Å²) in [6.07, 6.45) is 3.53. The normalized spacial score (nSPS) is 21.3. The summed E-state index contributed by atoms with van der Waals surface area (Å²) in [6, 6.07) is 6.18. The summed E-state index contributed by atoms with van der Waals surface area (Å²) in [7, 11) is 0. The Morgan fingerprint density at radius 3 is 2.72 bits per heavy atom. The van der Waals surface area contributed by atoms with Gasteiger partial charge in [-0.3, -0.25) is 9.69 Å². The summed E-state index contributed by atoms with van der Waals surface area (Å²) in [5.41, 5.74) is 1.54. The molecule has 7 heteroatoms. The van der Waals surface area contributed by atoms with Gasteiger partial charge < -0.3 is 5.32 Å². The minimum atomic E-state index is -0.0243. The molecule has 4 nitrogen and oxygen atoms in total. The van der Waals surface area contributed by atoms with E-state index in [1.807, 2.05) is 11.4 Å². The van der Waals surface area contributed by atoms with Crippen molar-refractivity contribution in [3.63, 3.8) is 0 Å². The maximum atomic E-state index is 12.4. The van der Waals surface area contributed by atoms with Crippen LogP contribution in [-0.4, -0.2) is 34.4 Å². The van der Waals surface area contributed by atoms with E-state index in [0.717, 1.165) is 24.1 Å². The van der Waals surface area contributed by atoms with Crippen molar-refractivity contribution in [2.45, 2.75) is 45.2 Å². The van der Waals surface area contributed by atoms with E-state index in [1.165, 1.54) is 17.8 Å². The van der Waals surface area contributed by atoms with Crippen LogP contribution in [0.3, 0.4) is 0 Å². The van der Waals surface area contributed by atoms with Crippen LogP contribution in [0.25, 0.3) is 11.3 Å². The maximum Gasteiger partial charge on any atom is 0.240 e. The van der Waals surface area contributed by atoms with Crippen LogP contribution in [0.1, 0.15) is 33.1 Å². The molecule has 1 aromatic heterocycles.